The second kappa shape index (κ2) is 7.79. The Morgan fingerprint density at radius 1 is 1.23 bits per heavy atom. The van der Waals surface area contributed by atoms with Crippen molar-refractivity contribution in [1.82, 2.24) is 9.97 Å². The maximum absolute atomic E-state index is 12.6. The smallest absolute Gasteiger partial charge is 0.357 e. The first kappa shape index (κ1) is 18.3. The van der Waals surface area contributed by atoms with Crippen LogP contribution in [0.2, 0.25) is 4.34 Å². The van der Waals surface area contributed by atoms with Gasteiger partial charge in [0.1, 0.15) is 10.2 Å². The molecular formula is C16H15ClN4O4S. The van der Waals surface area contributed by atoms with E-state index in [1.807, 2.05) is 0 Å². The van der Waals surface area contributed by atoms with Gasteiger partial charge in [-0.25, -0.2) is 19.6 Å². The Labute approximate surface area is 157 Å². The van der Waals surface area contributed by atoms with Gasteiger partial charge in [0.2, 0.25) is 0 Å². The number of rotatable bonds is 5. The van der Waals surface area contributed by atoms with Crippen molar-refractivity contribution < 1.29 is 19.5 Å². The number of halogens is 1. The van der Waals surface area contributed by atoms with Crippen LogP contribution in [-0.2, 0) is 0 Å². The molecule has 1 fully saturated rings. The summed E-state index contributed by atoms with van der Waals surface area (Å²) in [4.78, 5) is 43.6. The highest BCUT2D eigenvalue weighted by molar-refractivity contribution is 7.20. The Kier molecular flexibility index (Phi) is 5.48. The number of pyridine rings is 1. The molecule has 0 unspecified atom stereocenters. The van der Waals surface area contributed by atoms with Gasteiger partial charge in [0.25, 0.3) is 0 Å². The normalized spacial score (nSPS) is 14.2. The van der Waals surface area contributed by atoms with Crippen LogP contribution in [0.15, 0.2) is 18.3 Å². The Morgan fingerprint density at radius 3 is 2.62 bits per heavy atom. The summed E-state index contributed by atoms with van der Waals surface area (Å²) in [5, 5.41) is 13.9. The van der Waals surface area contributed by atoms with Crippen LogP contribution in [0, 0.1) is 5.92 Å². The van der Waals surface area contributed by atoms with Gasteiger partial charge in [-0.15, -0.1) is 0 Å². The first-order chi connectivity index (χ1) is 12.5. The summed E-state index contributed by atoms with van der Waals surface area (Å²) in [7, 11) is 0. The van der Waals surface area contributed by atoms with Gasteiger partial charge in [0.05, 0.1) is 5.56 Å². The maximum atomic E-state index is 12.6. The summed E-state index contributed by atoms with van der Waals surface area (Å²) in [6.07, 6.45) is 5.21. The minimum Gasteiger partial charge on any atom is -0.476 e. The highest BCUT2D eigenvalue weighted by Gasteiger charge is 2.26. The molecule has 2 amide bonds. The average molecular weight is 395 g/mol. The number of Topliss-reactive ketones (excluding diaryl/α,β-unsaturated/α-hetero) is 1. The number of aromatic carboxylic acids is 1. The van der Waals surface area contributed by atoms with Gasteiger partial charge in [-0.2, -0.15) is 0 Å². The standard InChI is InChI=1S/C16H15ClN4O4S/c17-12-10(14(23)24)19-16(26-12)21-15(25)20-13-9(6-3-7-18-13)11(22)8-4-1-2-5-8/h3,6-8H,1-2,4-5H2,(H,23,24)(H2,18,19,20,21,25). The van der Waals surface area contributed by atoms with E-state index in [4.69, 9.17) is 16.7 Å². The molecule has 0 aliphatic heterocycles. The summed E-state index contributed by atoms with van der Waals surface area (Å²) < 4.78 is -0.0391. The molecule has 0 radical (unpaired) electrons. The van der Waals surface area contributed by atoms with Crippen molar-refractivity contribution in [1.29, 1.82) is 0 Å². The molecule has 1 aliphatic rings. The molecule has 3 N–H and O–H groups in total. The van der Waals surface area contributed by atoms with E-state index >= 15 is 0 Å². The summed E-state index contributed by atoms with van der Waals surface area (Å²) in [5.74, 6) is -1.20. The Bertz CT molecular complexity index is 864. The van der Waals surface area contributed by atoms with Gasteiger partial charge >= 0.3 is 12.0 Å². The molecule has 0 spiro atoms. The molecule has 2 heterocycles. The van der Waals surface area contributed by atoms with Crippen LogP contribution >= 0.6 is 22.9 Å². The van der Waals surface area contributed by atoms with E-state index in [1.165, 1.54) is 6.20 Å². The Balaban J connectivity index is 1.72. The van der Waals surface area contributed by atoms with Crippen LogP contribution in [0.5, 0.6) is 0 Å². The van der Waals surface area contributed by atoms with Crippen molar-refractivity contribution in [2.45, 2.75) is 25.7 Å². The van der Waals surface area contributed by atoms with Gasteiger partial charge in [0.15, 0.2) is 16.6 Å². The fraction of sp³-hybridized carbons (Fsp3) is 0.312. The van der Waals surface area contributed by atoms with E-state index in [0.29, 0.717) is 5.56 Å². The lowest BCUT2D eigenvalue weighted by Gasteiger charge is -2.12. The lowest BCUT2D eigenvalue weighted by Crippen LogP contribution is -2.23. The van der Waals surface area contributed by atoms with Gasteiger partial charge in [-0.3, -0.25) is 15.4 Å². The number of aromatic nitrogens is 2. The van der Waals surface area contributed by atoms with Crippen molar-refractivity contribution in [3.05, 3.63) is 33.9 Å². The number of carboxylic acids is 1. The fourth-order valence-electron chi connectivity index (χ4n) is 2.83. The lowest BCUT2D eigenvalue weighted by molar-refractivity contribution is 0.0691. The zero-order chi connectivity index (χ0) is 18.7. The minimum atomic E-state index is -1.28. The minimum absolute atomic E-state index is 0.0312. The van der Waals surface area contributed by atoms with E-state index in [0.717, 1.165) is 37.0 Å². The van der Waals surface area contributed by atoms with Gasteiger partial charge in [0, 0.05) is 12.1 Å². The predicted octanol–water partition coefficient (Wildman–Crippen LogP) is 3.91. The van der Waals surface area contributed by atoms with Crippen LogP contribution in [0.1, 0.15) is 46.5 Å². The largest absolute Gasteiger partial charge is 0.476 e. The first-order valence-electron chi connectivity index (χ1n) is 7.92. The summed E-state index contributed by atoms with van der Waals surface area (Å²) in [5.41, 5.74) is 0.0276. The van der Waals surface area contributed by atoms with Crippen molar-refractivity contribution >= 4 is 51.7 Å². The Hall–Kier alpha value is -2.52. The predicted molar refractivity (Wildman–Crippen MR) is 97.3 cm³/mol. The second-order valence-corrected chi connectivity index (χ2v) is 7.37. The zero-order valence-electron chi connectivity index (χ0n) is 13.5. The summed E-state index contributed by atoms with van der Waals surface area (Å²) in [6, 6.07) is 2.59. The number of carbonyl (C=O) groups excluding carboxylic acids is 2. The fourth-order valence-corrected chi connectivity index (χ4v) is 3.86. The molecule has 8 nitrogen and oxygen atoms in total. The number of hydrogen-bond donors (Lipinski definition) is 3. The molecule has 2 aromatic rings. The van der Waals surface area contributed by atoms with Gasteiger partial charge in [-0.1, -0.05) is 35.8 Å². The third kappa shape index (κ3) is 4.00. The SMILES string of the molecule is O=C(Nc1nc(C(=O)O)c(Cl)s1)Nc1ncccc1C(=O)C1CCCC1. The van der Waals surface area contributed by atoms with Crippen molar-refractivity contribution in [3.63, 3.8) is 0 Å². The van der Waals surface area contributed by atoms with E-state index in [-0.39, 0.29) is 32.7 Å². The van der Waals surface area contributed by atoms with Crippen LogP contribution in [-0.4, -0.2) is 32.9 Å². The molecule has 2 aromatic heterocycles. The van der Waals surface area contributed by atoms with E-state index in [1.54, 1.807) is 12.1 Å². The van der Waals surface area contributed by atoms with Crippen LogP contribution in [0.3, 0.4) is 0 Å². The topological polar surface area (TPSA) is 121 Å². The zero-order valence-corrected chi connectivity index (χ0v) is 15.1. The third-order valence-electron chi connectivity index (χ3n) is 4.04. The highest BCUT2D eigenvalue weighted by atomic mass is 35.5. The average Bonchev–Trinajstić information content (AvgIpc) is 3.24. The number of nitrogens with zero attached hydrogens (tertiary/aromatic N) is 2. The number of anilines is 2. The molecule has 136 valence electrons. The second-order valence-electron chi connectivity index (χ2n) is 5.77. The molecular weight excluding hydrogens is 380 g/mol. The van der Waals surface area contributed by atoms with E-state index in [9.17, 15) is 14.4 Å². The van der Waals surface area contributed by atoms with Crippen LogP contribution in [0.4, 0.5) is 15.7 Å². The van der Waals surface area contributed by atoms with Crippen LogP contribution in [0.25, 0.3) is 0 Å². The number of nitrogens with one attached hydrogen (secondary N) is 2. The Morgan fingerprint density at radius 2 is 1.96 bits per heavy atom. The number of amides is 2. The first-order valence-corrected chi connectivity index (χ1v) is 9.12. The molecule has 10 heteroatoms. The number of carboxylic acid groups (broad SMARTS) is 1. The summed E-state index contributed by atoms with van der Waals surface area (Å²) >= 11 is 6.60. The number of hydrogen-bond acceptors (Lipinski definition) is 6. The molecule has 0 atom stereocenters. The van der Waals surface area contributed by atoms with Crippen molar-refractivity contribution in [3.8, 4) is 0 Å². The molecule has 0 bridgehead atoms. The molecule has 0 aromatic carbocycles. The molecule has 0 saturated heterocycles. The molecule has 1 aliphatic carbocycles. The van der Waals surface area contributed by atoms with Gasteiger partial charge in [-0.05, 0) is 25.0 Å². The van der Waals surface area contributed by atoms with Crippen LogP contribution < -0.4 is 10.6 Å². The number of carbonyl (C=O) groups is 3. The van der Waals surface area contributed by atoms with Crippen molar-refractivity contribution in [2.75, 3.05) is 10.6 Å². The van der Waals surface area contributed by atoms with Crippen molar-refractivity contribution in [2.24, 2.45) is 5.92 Å². The van der Waals surface area contributed by atoms with Gasteiger partial charge < -0.3 is 5.11 Å². The van der Waals surface area contributed by atoms with E-state index < -0.39 is 12.0 Å². The van der Waals surface area contributed by atoms with E-state index in [2.05, 4.69) is 20.6 Å². The highest BCUT2D eigenvalue weighted by Crippen LogP contribution is 2.30. The number of thiazole rings is 1. The summed E-state index contributed by atoms with van der Waals surface area (Å²) in [6.45, 7) is 0. The molecule has 1 saturated carbocycles. The third-order valence-corrected chi connectivity index (χ3v) is 5.21. The molecule has 3 rings (SSSR count). The number of urea groups is 1. The maximum Gasteiger partial charge on any atom is 0.357 e. The molecule has 26 heavy (non-hydrogen) atoms. The lowest BCUT2D eigenvalue weighted by atomic mass is 9.97. The monoisotopic (exact) mass is 394 g/mol. The quantitative estimate of drug-likeness (QED) is 0.661. The number of ketones is 1.